The first-order valence-electron chi connectivity index (χ1n) is 7.71. The number of carbonyl (C=O) groups excluding carboxylic acids is 1. The summed E-state index contributed by atoms with van der Waals surface area (Å²) in [7, 11) is 0. The highest BCUT2D eigenvalue weighted by atomic mass is 16.1. The third-order valence-corrected chi connectivity index (χ3v) is 4.41. The van der Waals surface area contributed by atoms with Gasteiger partial charge in [0.05, 0.1) is 0 Å². The van der Waals surface area contributed by atoms with Crippen molar-refractivity contribution in [1.29, 1.82) is 0 Å². The number of likely N-dealkylation sites (N-methyl/N-ethyl adjacent to an activating group) is 1. The minimum Gasteiger partial charge on any atom is -0.372 e. The van der Waals surface area contributed by atoms with Crippen molar-refractivity contribution in [3.63, 3.8) is 0 Å². The van der Waals surface area contributed by atoms with Gasteiger partial charge < -0.3 is 4.90 Å². The van der Waals surface area contributed by atoms with Gasteiger partial charge in [-0.1, -0.05) is 31.6 Å². The van der Waals surface area contributed by atoms with Crippen molar-refractivity contribution in [2.75, 3.05) is 13.1 Å². The summed E-state index contributed by atoms with van der Waals surface area (Å²) in [6, 6.07) is 0. The highest BCUT2D eigenvalue weighted by Gasteiger charge is 2.30. The van der Waals surface area contributed by atoms with E-state index in [-0.39, 0.29) is 0 Å². The molecular formula is C18H29NO. The predicted molar refractivity (Wildman–Crippen MR) is 86.5 cm³/mol. The number of rotatable bonds is 6. The topological polar surface area (TPSA) is 20.3 Å². The van der Waals surface area contributed by atoms with Gasteiger partial charge in [-0.3, -0.25) is 4.79 Å². The quantitative estimate of drug-likeness (QED) is 0.311. The SMILES string of the molecule is CCN(CC)C(=C\C=O)/C=C/C1C(C)=CCCC1(C)C. The Kier molecular flexibility index (Phi) is 6.25. The normalized spacial score (nSPS) is 22.8. The van der Waals surface area contributed by atoms with Crippen molar-refractivity contribution in [3.8, 4) is 0 Å². The zero-order chi connectivity index (χ0) is 15.2. The lowest BCUT2D eigenvalue weighted by molar-refractivity contribution is -0.104. The molecule has 0 N–H and O–H groups in total. The first-order chi connectivity index (χ1) is 9.46. The molecule has 0 saturated carbocycles. The first-order valence-corrected chi connectivity index (χ1v) is 7.71. The molecule has 0 amide bonds. The molecule has 1 atom stereocenters. The van der Waals surface area contributed by atoms with E-state index in [1.807, 2.05) is 0 Å². The third-order valence-electron chi connectivity index (χ3n) is 4.41. The van der Waals surface area contributed by atoms with E-state index in [1.165, 1.54) is 18.4 Å². The van der Waals surface area contributed by atoms with Crippen LogP contribution in [-0.4, -0.2) is 24.3 Å². The van der Waals surface area contributed by atoms with E-state index < -0.39 is 0 Å². The summed E-state index contributed by atoms with van der Waals surface area (Å²) in [6.07, 6.45) is 11.7. The van der Waals surface area contributed by atoms with E-state index in [1.54, 1.807) is 6.08 Å². The van der Waals surface area contributed by atoms with Gasteiger partial charge in [-0.25, -0.2) is 0 Å². The van der Waals surface area contributed by atoms with Crippen LogP contribution in [-0.2, 0) is 4.79 Å². The molecule has 0 heterocycles. The van der Waals surface area contributed by atoms with E-state index >= 15 is 0 Å². The van der Waals surface area contributed by atoms with Gasteiger partial charge >= 0.3 is 0 Å². The van der Waals surface area contributed by atoms with E-state index in [9.17, 15) is 4.79 Å². The van der Waals surface area contributed by atoms with Crippen LogP contribution in [0.25, 0.3) is 0 Å². The second-order valence-corrected chi connectivity index (χ2v) is 6.21. The maximum Gasteiger partial charge on any atom is 0.144 e. The second-order valence-electron chi connectivity index (χ2n) is 6.21. The van der Waals surface area contributed by atoms with Crippen LogP contribution >= 0.6 is 0 Å². The fourth-order valence-electron chi connectivity index (χ4n) is 3.10. The third kappa shape index (κ3) is 4.09. The molecule has 20 heavy (non-hydrogen) atoms. The Morgan fingerprint density at radius 3 is 2.55 bits per heavy atom. The smallest absolute Gasteiger partial charge is 0.144 e. The van der Waals surface area contributed by atoms with Gasteiger partial charge in [0.1, 0.15) is 6.29 Å². The molecule has 0 spiro atoms. The first kappa shape index (κ1) is 16.7. The molecule has 0 fully saturated rings. The van der Waals surface area contributed by atoms with E-state index in [0.29, 0.717) is 11.3 Å². The van der Waals surface area contributed by atoms with Crippen molar-refractivity contribution >= 4 is 6.29 Å². The summed E-state index contributed by atoms with van der Waals surface area (Å²) in [6.45, 7) is 13.0. The van der Waals surface area contributed by atoms with Crippen LogP contribution in [0.5, 0.6) is 0 Å². The van der Waals surface area contributed by atoms with Crippen molar-refractivity contribution in [2.24, 2.45) is 11.3 Å². The fourth-order valence-corrected chi connectivity index (χ4v) is 3.10. The van der Waals surface area contributed by atoms with Crippen molar-refractivity contribution in [2.45, 2.75) is 47.5 Å². The Hall–Kier alpha value is -1.31. The average molecular weight is 275 g/mol. The summed E-state index contributed by atoms with van der Waals surface area (Å²) >= 11 is 0. The molecular weight excluding hydrogens is 246 g/mol. The number of hydrogen-bond acceptors (Lipinski definition) is 2. The molecule has 2 heteroatoms. The Balaban J connectivity index is 2.97. The van der Waals surface area contributed by atoms with E-state index in [4.69, 9.17) is 0 Å². The summed E-state index contributed by atoms with van der Waals surface area (Å²) in [5.41, 5.74) is 2.76. The lowest BCUT2D eigenvalue weighted by Gasteiger charge is -2.37. The lowest BCUT2D eigenvalue weighted by Crippen LogP contribution is -2.27. The second kappa shape index (κ2) is 7.47. The number of allylic oxidation sites excluding steroid dienone is 5. The van der Waals surface area contributed by atoms with Gasteiger partial charge in [0, 0.05) is 30.8 Å². The van der Waals surface area contributed by atoms with Gasteiger partial charge in [0.25, 0.3) is 0 Å². The molecule has 0 aromatic heterocycles. The minimum atomic E-state index is 0.297. The predicted octanol–water partition coefficient (Wildman–Crippen LogP) is 4.35. The van der Waals surface area contributed by atoms with Gasteiger partial charge in [-0.2, -0.15) is 0 Å². The summed E-state index contributed by atoms with van der Waals surface area (Å²) < 4.78 is 0. The molecule has 0 aromatic rings. The standard InChI is InChI=1S/C18H29NO/c1-6-19(7-2)16(12-14-20)10-11-17-15(3)9-8-13-18(17,4)5/h9-12,14,17H,6-8,13H2,1-5H3/b11-10+,16-12-. The number of hydrogen-bond donors (Lipinski definition) is 0. The Morgan fingerprint density at radius 2 is 2.05 bits per heavy atom. The van der Waals surface area contributed by atoms with Crippen LogP contribution in [0, 0.1) is 11.3 Å². The van der Waals surface area contributed by atoms with Crippen molar-refractivity contribution in [1.82, 2.24) is 4.90 Å². The zero-order valence-electron chi connectivity index (χ0n) is 13.6. The Morgan fingerprint density at radius 1 is 1.40 bits per heavy atom. The fraction of sp³-hybridized carbons (Fsp3) is 0.611. The van der Waals surface area contributed by atoms with Gasteiger partial charge in [-0.05, 0) is 45.1 Å². The molecule has 0 aromatic carbocycles. The molecule has 0 bridgehead atoms. The van der Waals surface area contributed by atoms with Gasteiger partial charge in [0.15, 0.2) is 0 Å². The number of aldehydes is 1. The van der Waals surface area contributed by atoms with Gasteiger partial charge in [-0.15, -0.1) is 0 Å². The molecule has 1 aliphatic carbocycles. The van der Waals surface area contributed by atoms with E-state index in [0.717, 1.165) is 25.1 Å². The monoisotopic (exact) mass is 275 g/mol. The average Bonchev–Trinajstić information content (AvgIpc) is 2.38. The molecule has 0 radical (unpaired) electrons. The van der Waals surface area contributed by atoms with Crippen molar-refractivity contribution in [3.05, 3.63) is 35.6 Å². The van der Waals surface area contributed by atoms with E-state index in [2.05, 4.69) is 57.7 Å². The number of carbonyl (C=O) groups is 1. The molecule has 0 aliphatic heterocycles. The maximum absolute atomic E-state index is 10.8. The zero-order valence-corrected chi connectivity index (χ0v) is 13.6. The molecule has 112 valence electrons. The molecule has 0 saturated heterocycles. The number of nitrogens with zero attached hydrogens (tertiary/aromatic N) is 1. The molecule has 1 rings (SSSR count). The van der Waals surface area contributed by atoms with Gasteiger partial charge in [0.2, 0.25) is 0 Å². The van der Waals surface area contributed by atoms with Crippen molar-refractivity contribution < 1.29 is 4.79 Å². The summed E-state index contributed by atoms with van der Waals surface area (Å²) in [4.78, 5) is 13.1. The molecule has 1 unspecified atom stereocenters. The van der Waals surface area contributed by atoms with Crippen LogP contribution in [0.4, 0.5) is 0 Å². The maximum atomic E-state index is 10.8. The molecule has 1 aliphatic rings. The highest BCUT2D eigenvalue weighted by Crippen LogP contribution is 2.41. The highest BCUT2D eigenvalue weighted by molar-refractivity contribution is 5.67. The van der Waals surface area contributed by atoms with Crippen LogP contribution < -0.4 is 0 Å². The van der Waals surface area contributed by atoms with Crippen LogP contribution in [0.2, 0.25) is 0 Å². The summed E-state index contributed by atoms with van der Waals surface area (Å²) in [5, 5.41) is 0. The summed E-state index contributed by atoms with van der Waals surface area (Å²) in [5.74, 6) is 0.460. The lowest BCUT2D eigenvalue weighted by atomic mass is 9.68. The largest absolute Gasteiger partial charge is 0.372 e. The minimum absolute atomic E-state index is 0.297. The van der Waals surface area contributed by atoms with Crippen LogP contribution in [0.3, 0.4) is 0 Å². The molecule has 2 nitrogen and oxygen atoms in total. The van der Waals surface area contributed by atoms with Crippen LogP contribution in [0.15, 0.2) is 35.6 Å². The Labute approximate surface area is 124 Å². The van der Waals surface area contributed by atoms with Crippen LogP contribution in [0.1, 0.15) is 47.5 Å². The Bertz CT molecular complexity index is 411.